The monoisotopic (exact) mass is 317 g/mol. The highest BCUT2D eigenvalue weighted by Crippen LogP contribution is 2.18. The molecule has 0 radical (unpaired) electrons. The summed E-state index contributed by atoms with van der Waals surface area (Å²) >= 11 is 1.65. The number of nitrogens with zero attached hydrogens (tertiary/aromatic N) is 3. The van der Waals surface area contributed by atoms with Gasteiger partial charge in [0.2, 0.25) is 0 Å². The van der Waals surface area contributed by atoms with Crippen LogP contribution in [0.3, 0.4) is 0 Å². The van der Waals surface area contributed by atoms with Crippen LogP contribution in [-0.4, -0.2) is 40.0 Å². The predicted octanol–water partition coefficient (Wildman–Crippen LogP) is 2.67. The quantitative estimate of drug-likeness (QED) is 0.851. The van der Waals surface area contributed by atoms with Crippen LogP contribution in [0.4, 0.5) is 0 Å². The molecule has 22 heavy (non-hydrogen) atoms. The summed E-state index contributed by atoms with van der Waals surface area (Å²) in [6, 6.07) is 4.04. The molecule has 1 aliphatic rings. The summed E-state index contributed by atoms with van der Waals surface area (Å²) < 4.78 is 5.68. The highest BCUT2D eigenvalue weighted by Gasteiger charge is 2.24. The van der Waals surface area contributed by atoms with E-state index in [-0.39, 0.29) is 12.0 Å². The van der Waals surface area contributed by atoms with Gasteiger partial charge in [0.25, 0.3) is 5.91 Å². The highest BCUT2D eigenvalue weighted by atomic mass is 32.1. The van der Waals surface area contributed by atoms with Gasteiger partial charge in [-0.1, -0.05) is 6.07 Å². The van der Waals surface area contributed by atoms with E-state index in [4.69, 9.17) is 4.74 Å². The summed E-state index contributed by atoms with van der Waals surface area (Å²) in [6.45, 7) is 3.84. The van der Waals surface area contributed by atoms with Crippen molar-refractivity contribution in [1.29, 1.82) is 0 Å². The second-order valence-electron chi connectivity index (χ2n) is 5.44. The Hall–Kier alpha value is -1.79. The zero-order valence-corrected chi connectivity index (χ0v) is 13.4. The van der Waals surface area contributed by atoms with E-state index in [1.807, 2.05) is 29.3 Å². The van der Waals surface area contributed by atoms with Gasteiger partial charge < -0.3 is 9.64 Å². The molecule has 1 aliphatic heterocycles. The van der Waals surface area contributed by atoms with Gasteiger partial charge >= 0.3 is 0 Å². The Kier molecular flexibility index (Phi) is 4.80. The number of amides is 1. The van der Waals surface area contributed by atoms with Crippen LogP contribution in [0.2, 0.25) is 0 Å². The number of carbonyl (C=O) groups excluding carboxylic acids is 1. The fourth-order valence-electron chi connectivity index (χ4n) is 2.51. The van der Waals surface area contributed by atoms with E-state index in [1.165, 1.54) is 0 Å². The molecule has 5 nitrogen and oxygen atoms in total. The van der Waals surface area contributed by atoms with Gasteiger partial charge in [0.1, 0.15) is 5.69 Å². The molecule has 2 aromatic heterocycles. The zero-order valence-electron chi connectivity index (χ0n) is 12.6. The van der Waals surface area contributed by atoms with Crippen molar-refractivity contribution in [3.05, 3.63) is 46.2 Å². The average Bonchev–Trinajstić information content (AvgIpc) is 3.20. The predicted molar refractivity (Wildman–Crippen MR) is 84.8 cm³/mol. The zero-order chi connectivity index (χ0) is 15.4. The smallest absolute Gasteiger partial charge is 0.274 e. The van der Waals surface area contributed by atoms with Crippen molar-refractivity contribution >= 4 is 17.2 Å². The number of aryl methyl sites for hydroxylation is 1. The summed E-state index contributed by atoms with van der Waals surface area (Å²) in [7, 11) is 0. The van der Waals surface area contributed by atoms with Crippen LogP contribution in [0.15, 0.2) is 29.9 Å². The molecule has 0 aromatic carbocycles. The number of rotatable bonds is 5. The number of aromatic nitrogens is 2. The molecule has 3 rings (SSSR count). The molecule has 1 fully saturated rings. The Morgan fingerprint density at radius 1 is 1.45 bits per heavy atom. The van der Waals surface area contributed by atoms with Crippen molar-refractivity contribution in [2.45, 2.75) is 32.4 Å². The van der Waals surface area contributed by atoms with Gasteiger partial charge in [-0.25, -0.2) is 4.98 Å². The van der Waals surface area contributed by atoms with Crippen molar-refractivity contribution in [3.63, 3.8) is 0 Å². The molecule has 1 unspecified atom stereocenters. The Labute approximate surface area is 134 Å². The minimum Gasteiger partial charge on any atom is -0.376 e. The maximum absolute atomic E-state index is 12.7. The summed E-state index contributed by atoms with van der Waals surface area (Å²) in [4.78, 5) is 24.1. The molecule has 2 aromatic rings. The fourth-order valence-corrected chi connectivity index (χ4v) is 3.23. The lowest BCUT2D eigenvalue weighted by Gasteiger charge is -2.24. The third-order valence-electron chi connectivity index (χ3n) is 3.66. The van der Waals surface area contributed by atoms with E-state index in [9.17, 15) is 4.79 Å². The number of ether oxygens (including phenoxy) is 1. The van der Waals surface area contributed by atoms with Crippen LogP contribution in [0.5, 0.6) is 0 Å². The molecule has 1 amide bonds. The molecule has 1 atom stereocenters. The molecule has 0 saturated carbocycles. The molecule has 0 N–H and O–H groups in total. The highest BCUT2D eigenvalue weighted by molar-refractivity contribution is 7.09. The van der Waals surface area contributed by atoms with Gasteiger partial charge in [-0.2, -0.15) is 0 Å². The van der Waals surface area contributed by atoms with Crippen LogP contribution in [0, 0.1) is 6.92 Å². The molecular weight excluding hydrogens is 298 g/mol. The Bertz CT molecular complexity index is 607. The number of hydrogen-bond donors (Lipinski definition) is 0. The van der Waals surface area contributed by atoms with Crippen molar-refractivity contribution in [3.8, 4) is 0 Å². The molecular formula is C16H19N3O2S. The van der Waals surface area contributed by atoms with Crippen molar-refractivity contribution in [1.82, 2.24) is 14.9 Å². The SMILES string of the molecule is Cc1cnc(C(=O)N(Cc2cccs2)CC2CCCO2)cn1. The number of thiophene rings is 1. The Morgan fingerprint density at radius 3 is 3.00 bits per heavy atom. The van der Waals surface area contributed by atoms with Gasteiger partial charge in [-0.15, -0.1) is 11.3 Å². The van der Waals surface area contributed by atoms with Crippen LogP contribution >= 0.6 is 11.3 Å². The van der Waals surface area contributed by atoms with Crippen LogP contribution < -0.4 is 0 Å². The minimum absolute atomic E-state index is 0.0867. The van der Waals surface area contributed by atoms with Crippen LogP contribution in [0.25, 0.3) is 0 Å². The molecule has 0 aliphatic carbocycles. The first-order valence-electron chi connectivity index (χ1n) is 7.44. The van der Waals surface area contributed by atoms with Crippen molar-refractivity contribution in [2.24, 2.45) is 0 Å². The molecule has 0 bridgehead atoms. The first-order chi connectivity index (χ1) is 10.7. The lowest BCUT2D eigenvalue weighted by Crippen LogP contribution is -2.37. The summed E-state index contributed by atoms with van der Waals surface area (Å²) in [5.41, 5.74) is 1.20. The third kappa shape index (κ3) is 3.69. The van der Waals surface area contributed by atoms with Gasteiger partial charge in [-0.05, 0) is 31.2 Å². The number of hydrogen-bond acceptors (Lipinski definition) is 5. The minimum atomic E-state index is -0.0867. The van der Waals surface area contributed by atoms with Crippen LogP contribution in [-0.2, 0) is 11.3 Å². The van der Waals surface area contributed by atoms with Crippen LogP contribution in [0.1, 0.15) is 33.9 Å². The van der Waals surface area contributed by atoms with Gasteiger partial charge in [0.05, 0.1) is 24.5 Å². The number of carbonyl (C=O) groups is 1. The van der Waals surface area contributed by atoms with E-state index in [0.29, 0.717) is 18.8 Å². The normalized spacial score (nSPS) is 17.6. The first kappa shape index (κ1) is 15.1. The van der Waals surface area contributed by atoms with E-state index < -0.39 is 0 Å². The Morgan fingerprint density at radius 2 is 2.36 bits per heavy atom. The van der Waals surface area contributed by atoms with E-state index in [2.05, 4.69) is 9.97 Å². The molecule has 0 spiro atoms. The van der Waals surface area contributed by atoms with E-state index >= 15 is 0 Å². The maximum Gasteiger partial charge on any atom is 0.274 e. The lowest BCUT2D eigenvalue weighted by atomic mass is 10.2. The summed E-state index contributed by atoms with van der Waals surface area (Å²) in [5, 5.41) is 2.02. The third-order valence-corrected chi connectivity index (χ3v) is 4.52. The average molecular weight is 317 g/mol. The molecule has 6 heteroatoms. The first-order valence-corrected chi connectivity index (χ1v) is 8.32. The second-order valence-corrected chi connectivity index (χ2v) is 6.48. The summed E-state index contributed by atoms with van der Waals surface area (Å²) in [6.07, 6.45) is 5.38. The van der Waals surface area contributed by atoms with Crippen molar-refractivity contribution < 1.29 is 9.53 Å². The maximum atomic E-state index is 12.7. The molecule has 1 saturated heterocycles. The van der Waals surface area contributed by atoms with Crippen molar-refractivity contribution in [2.75, 3.05) is 13.2 Å². The Balaban J connectivity index is 1.76. The standard InChI is InChI=1S/C16H19N3O2S/c1-12-8-18-15(9-17-12)16(20)19(10-13-4-2-6-21-13)11-14-5-3-7-22-14/h3,5,7-9,13H,2,4,6,10-11H2,1H3. The molecule has 116 valence electrons. The largest absolute Gasteiger partial charge is 0.376 e. The second kappa shape index (κ2) is 6.98. The summed E-state index contributed by atoms with van der Waals surface area (Å²) in [5.74, 6) is -0.0867. The van der Waals surface area contributed by atoms with Gasteiger partial charge in [0, 0.05) is 24.2 Å². The fraction of sp³-hybridized carbons (Fsp3) is 0.438. The van der Waals surface area contributed by atoms with E-state index in [1.54, 1.807) is 23.7 Å². The van der Waals surface area contributed by atoms with Gasteiger partial charge in [0.15, 0.2) is 0 Å². The lowest BCUT2D eigenvalue weighted by molar-refractivity contribution is 0.0505. The molecule has 3 heterocycles. The van der Waals surface area contributed by atoms with Gasteiger partial charge in [-0.3, -0.25) is 9.78 Å². The topological polar surface area (TPSA) is 55.3 Å². The van der Waals surface area contributed by atoms with E-state index in [0.717, 1.165) is 30.0 Å².